The second-order valence-corrected chi connectivity index (χ2v) is 6.20. The van der Waals surface area contributed by atoms with Gasteiger partial charge in [0.25, 0.3) is 0 Å². The van der Waals surface area contributed by atoms with Gasteiger partial charge in [0.05, 0.1) is 21.3 Å². The van der Waals surface area contributed by atoms with Gasteiger partial charge in [0.2, 0.25) is 5.95 Å². The van der Waals surface area contributed by atoms with Gasteiger partial charge in [-0.3, -0.25) is 0 Å². The summed E-state index contributed by atoms with van der Waals surface area (Å²) in [6.45, 7) is 1.93. The monoisotopic (exact) mass is 336 g/mol. The second-order valence-electron chi connectivity index (χ2n) is 4.36. The van der Waals surface area contributed by atoms with Crippen molar-refractivity contribution < 1.29 is 0 Å². The van der Waals surface area contributed by atoms with Crippen molar-refractivity contribution in [1.29, 1.82) is 0 Å². The number of aromatic nitrogens is 3. The number of benzene rings is 1. The maximum atomic E-state index is 6.23. The largest absolute Gasteiger partial charge is 0.368 e. The average Bonchev–Trinajstić information content (AvgIpc) is 2.80. The van der Waals surface area contributed by atoms with Crippen LogP contribution in [-0.2, 0) is 0 Å². The van der Waals surface area contributed by atoms with Gasteiger partial charge >= 0.3 is 0 Å². The van der Waals surface area contributed by atoms with Gasteiger partial charge in [-0.25, -0.2) is 15.0 Å². The van der Waals surface area contributed by atoms with Crippen molar-refractivity contribution in [3.05, 3.63) is 46.2 Å². The van der Waals surface area contributed by atoms with Gasteiger partial charge in [0.1, 0.15) is 5.01 Å². The Kier molecular flexibility index (Phi) is 3.80. The minimum atomic E-state index is 0.242. The molecule has 0 aliphatic rings. The molecule has 0 fully saturated rings. The second kappa shape index (κ2) is 5.60. The summed E-state index contributed by atoms with van der Waals surface area (Å²) in [6, 6.07) is 7.17. The van der Waals surface area contributed by atoms with Crippen LogP contribution in [0.15, 0.2) is 30.5 Å². The van der Waals surface area contributed by atoms with Crippen LogP contribution < -0.4 is 5.73 Å². The van der Waals surface area contributed by atoms with Gasteiger partial charge in [-0.2, -0.15) is 0 Å². The maximum absolute atomic E-state index is 6.23. The molecule has 0 aliphatic heterocycles. The molecule has 106 valence electrons. The van der Waals surface area contributed by atoms with E-state index < -0.39 is 0 Å². The molecule has 0 saturated heterocycles. The molecule has 2 aromatic heterocycles. The van der Waals surface area contributed by atoms with E-state index in [2.05, 4.69) is 15.0 Å². The lowest BCUT2D eigenvalue weighted by Crippen LogP contribution is -1.94. The summed E-state index contributed by atoms with van der Waals surface area (Å²) in [6.07, 6.45) is 1.63. The highest BCUT2D eigenvalue weighted by molar-refractivity contribution is 7.18. The van der Waals surface area contributed by atoms with Crippen LogP contribution in [0.4, 0.5) is 5.95 Å². The Morgan fingerprint density at radius 3 is 2.67 bits per heavy atom. The Labute approximate surface area is 135 Å². The number of nitrogens with zero attached hydrogens (tertiary/aromatic N) is 3. The number of aryl methyl sites for hydroxylation is 1. The van der Waals surface area contributed by atoms with Crippen LogP contribution in [-0.4, -0.2) is 15.0 Å². The lowest BCUT2D eigenvalue weighted by molar-refractivity contribution is 1.18. The van der Waals surface area contributed by atoms with Gasteiger partial charge in [-0.15, -0.1) is 11.3 Å². The number of nitrogen functional groups attached to an aromatic ring is 1. The molecule has 3 aromatic rings. The predicted octanol–water partition coefficient (Wildman–Crippen LogP) is 4.46. The molecule has 0 aliphatic carbocycles. The molecule has 0 atom stereocenters. The quantitative estimate of drug-likeness (QED) is 0.750. The average molecular weight is 337 g/mol. The SMILES string of the molecule is Cc1nc(-c2ccc(Cl)cc2Cl)sc1-c1ccnc(N)n1. The Morgan fingerprint density at radius 2 is 1.95 bits per heavy atom. The van der Waals surface area contributed by atoms with E-state index >= 15 is 0 Å². The van der Waals surface area contributed by atoms with Crippen molar-refractivity contribution in [2.75, 3.05) is 5.73 Å². The van der Waals surface area contributed by atoms with Crippen molar-refractivity contribution in [2.45, 2.75) is 6.92 Å². The van der Waals surface area contributed by atoms with Crippen LogP contribution in [0.3, 0.4) is 0 Å². The molecule has 0 unspecified atom stereocenters. The number of rotatable bonds is 2. The third-order valence-electron chi connectivity index (χ3n) is 2.86. The van der Waals surface area contributed by atoms with Gasteiger partial charge in [-0.05, 0) is 31.2 Å². The molecule has 1 aromatic carbocycles. The van der Waals surface area contributed by atoms with Crippen LogP contribution >= 0.6 is 34.5 Å². The normalized spacial score (nSPS) is 10.8. The third kappa shape index (κ3) is 2.85. The minimum Gasteiger partial charge on any atom is -0.368 e. The minimum absolute atomic E-state index is 0.242. The highest BCUT2D eigenvalue weighted by atomic mass is 35.5. The predicted molar refractivity (Wildman–Crippen MR) is 87.7 cm³/mol. The molecule has 0 bridgehead atoms. The maximum Gasteiger partial charge on any atom is 0.220 e. The fourth-order valence-corrected chi connectivity index (χ4v) is 3.54. The fourth-order valence-electron chi connectivity index (χ4n) is 1.91. The lowest BCUT2D eigenvalue weighted by atomic mass is 10.2. The number of nitrogens with two attached hydrogens (primary N) is 1. The summed E-state index contributed by atoms with van der Waals surface area (Å²) in [5.41, 5.74) is 8.11. The highest BCUT2D eigenvalue weighted by Crippen LogP contribution is 2.37. The summed E-state index contributed by atoms with van der Waals surface area (Å²) in [7, 11) is 0. The third-order valence-corrected chi connectivity index (χ3v) is 4.63. The molecule has 21 heavy (non-hydrogen) atoms. The smallest absolute Gasteiger partial charge is 0.220 e. The van der Waals surface area contributed by atoms with Gasteiger partial charge in [0.15, 0.2) is 0 Å². The molecular formula is C14H10Cl2N4S. The number of halogens is 2. The molecule has 3 rings (SSSR count). The molecule has 4 nitrogen and oxygen atoms in total. The molecule has 0 radical (unpaired) electrons. The van der Waals surface area contributed by atoms with E-state index in [-0.39, 0.29) is 5.95 Å². The Bertz CT molecular complexity index is 816. The molecule has 0 spiro atoms. The molecule has 0 amide bonds. The molecule has 0 saturated carbocycles. The summed E-state index contributed by atoms with van der Waals surface area (Å²) >= 11 is 13.7. The van der Waals surface area contributed by atoms with Crippen LogP contribution in [0.2, 0.25) is 10.0 Å². The first-order chi connectivity index (χ1) is 10.0. The summed E-state index contributed by atoms with van der Waals surface area (Å²) < 4.78 is 0. The van der Waals surface area contributed by atoms with E-state index in [1.807, 2.05) is 19.1 Å². The first-order valence-corrected chi connectivity index (χ1v) is 7.63. The van der Waals surface area contributed by atoms with Crippen LogP contribution in [0.1, 0.15) is 5.69 Å². The lowest BCUT2D eigenvalue weighted by Gasteiger charge is -2.00. The van der Waals surface area contributed by atoms with Crippen molar-refractivity contribution in [2.24, 2.45) is 0 Å². The van der Waals surface area contributed by atoms with Crippen LogP contribution in [0, 0.1) is 6.92 Å². The summed E-state index contributed by atoms with van der Waals surface area (Å²) in [4.78, 5) is 13.6. The zero-order valence-electron chi connectivity index (χ0n) is 11.0. The molecule has 2 heterocycles. The van der Waals surface area contributed by atoms with Crippen molar-refractivity contribution in [1.82, 2.24) is 15.0 Å². The number of hydrogen-bond donors (Lipinski definition) is 1. The van der Waals surface area contributed by atoms with Gasteiger partial charge < -0.3 is 5.73 Å². The summed E-state index contributed by atoms with van der Waals surface area (Å²) in [5, 5.41) is 1.99. The van der Waals surface area contributed by atoms with Crippen LogP contribution in [0.5, 0.6) is 0 Å². The van der Waals surface area contributed by atoms with Crippen molar-refractivity contribution in [3.8, 4) is 21.1 Å². The number of thiazole rings is 1. The topological polar surface area (TPSA) is 64.7 Å². The van der Waals surface area contributed by atoms with Gasteiger partial charge in [-0.1, -0.05) is 23.2 Å². The van der Waals surface area contributed by atoms with Crippen molar-refractivity contribution in [3.63, 3.8) is 0 Å². The number of anilines is 1. The number of hydrogen-bond acceptors (Lipinski definition) is 5. The Hall–Kier alpha value is -1.69. The van der Waals surface area contributed by atoms with E-state index in [0.717, 1.165) is 26.8 Å². The Balaban J connectivity index is 2.09. The van der Waals surface area contributed by atoms with Gasteiger partial charge in [0, 0.05) is 16.8 Å². The first-order valence-electron chi connectivity index (χ1n) is 6.06. The van der Waals surface area contributed by atoms with Crippen LogP contribution in [0.25, 0.3) is 21.1 Å². The molecular weight excluding hydrogens is 327 g/mol. The zero-order chi connectivity index (χ0) is 15.0. The highest BCUT2D eigenvalue weighted by Gasteiger charge is 2.14. The van der Waals surface area contributed by atoms with E-state index in [1.54, 1.807) is 18.3 Å². The standard InChI is InChI=1S/C14H10Cl2N4S/c1-7-12(11-4-5-18-14(17)20-11)21-13(19-7)9-3-2-8(15)6-10(9)16/h2-6H,1H3,(H2,17,18,20). The molecule has 2 N–H and O–H groups in total. The Morgan fingerprint density at radius 1 is 1.14 bits per heavy atom. The van der Waals surface area contributed by atoms with E-state index in [4.69, 9.17) is 28.9 Å². The van der Waals surface area contributed by atoms with E-state index in [9.17, 15) is 0 Å². The fraction of sp³-hybridized carbons (Fsp3) is 0.0714. The van der Waals surface area contributed by atoms with E-state index in [1.165, 1.54) is 11.3 Å². The zero-order valence-corrected chi connectivity index (χ0v) is 13.3. The van der Waals surface area contributed by atoms with E-state index in [0.29, 0.717) is 10.0 Å². The summed E-state index contributed by atoms with van der Waals surface area (Å²) in [5.74, 6) is 0.242. The van der Waals surface area contributed by atoms with Crippen molar-refractivity contribution >= 4 is 40.5 Å². The first kappa shape index (κ1) is 14.3. The molecule has 7 heteroatoms.